The first-order valence-electron chi connectivity index (χ1n) is 4.86. The van der Waals surface area contributed by atoms with Gasteiger partial charge in [-0.2, -0.15) is 4.98 Å². The lowest BCUT2D eigenvalue weighted by atomic mass is 10.1. The lowest BCUT2D eigenvalue weighted by Gasteiger charge is -2.01. The zero-order valence-electron chi connectivity index (χ0n) is 8.77. The molecule has 2 N–H and O–H groups in total. The van der Waals surface area contributed by atoms with E-state index in [4.69, 9.17) is 10.2 Å². The first-order chi connectivity index (χ1) is 7.18. The fourth-order valence-corrected chi connectivity index (χ4v) is 1.42. The molecule has 0 fully saturated rings. The maximum Gasteiger partial charge on any atom is 0.292 e. The largest absolute Gasteiger partial charge is 0.422 e. The Morgan fingerprint density at radius 3 is 2.73 bits per heavy atom. The van der Waals surface area contributed by atoms with Gasteiger partial charge in [0.1, 0.15) is 5.69 Å². The van der Waals surface area contributed by atoms with Crippen molar-refractivity contribution in [3.63, 3.8) is 0 Å². The lowest BCUT2D eigenvalue weighted by molar-refractivity contribution is 0.589. The Morgan fingerprint density at radius 1 is 1.33 bits per heavy atom. The van der Waals surface area contributed by atoms with Crippen LogP contribution in [0, 0.1) is 0 Å². The SMILES string of the molecule is CC(C)c1nc(N)oc1-c1ccccn1. The summed E-state index contributed by atoms with van der Waals surface area (Å²) in [7, 11) is 0. The molecule has 0 aliphatic rings. The standard InChI is InChI=1S/C11H13N3O/c1-7(2)9-10(15-11(12)14-9)8-5-3-4-6-13-8/h3-7H,1-2H3,(H2,12,14). The molecule has 2 rings (SSSR count). The van der Waals surface area contributed by atoms with Crippen LogP contribution in [0.2, 0.25) is 0 Å². The van der Waals surface area contributed by atoms with Crippen molar-refractivity contribution in [2.24, 2.45) is 0 Å². The second kappa shape index (κ2) is 3.73. The van der Waals surface area contributed by atoms with E-state index in [-0.39, 0.29) is 11.9 Å². The molecule has 78 valence electrons. The zero-order chi connectivity index (χ0) is 10.8. The summed E-state index contributed by atoms with van der Waals surface area (Å²) in [6.07, 6.45) is 1.72. The van der Waals surface area contributed by atoms with E-state index < -0.39 is 0 Å². The van der Waals surface area contributed by atoms with Crippen LogP contribution in [0.5, 0.6) is 0 Å². The highest BCUT2D eigenvalue weighted by Gasteiger charge is 2.16. The van der Waals surface area contributed by atoms with E-state index in [1.54, 1.807) is 6.20 Å². The monoisotopic (exact) mass is 203 g/mol. The number of aromatic nitrogens is 2. The zero-order valence-corrected chi connectivity index (χ0v) is 8.77. The summed E-state index contributed by atoms with van der Waals surface area (Å²) in [5, 5.41) is 0. The Labute approximate surface area is 88.2 Å². The minimum Gasteiger partial charge on any atom is -0.422 e. The van der Waals surface area contributed by atoms with Crippen LogP contribution in [0.25, 0.3) is 11.5 Å². The summed E-state index contributed by atoms with van der Waals surface area (Å²) in [6.45, 7) is 4.09. The Bertz CT molecular complexity index is 448. The minimum absolute atomic E-state index is 0.194. The van der Waals surface area contributed by atoms with Crippen LogP contribution in [0.15, 0.2) is 28.8 Å². The second-order valence-corrected chi connectivity index (χ2v) is 3.64. The molecular formula is C11H13N3O. The van der Waals surface area contributed by atoms with Gasteiger partial charge in [-0.25, -0.2) is 0 Å². The number of anilines is 1. The van der Waals surface area contributed by atoms with Gasteiger partial charge < -0.3 is 10.2 Å². The number of oxazole rings is 1. The molecule has 4 heteroatoms. The van der Waals surface area contributed by atoms with Crippen LogP contribution < -0.4 is 5.73 Å². The van der Waals surface area contributed by atoms with Gasteiger partial charge in [-0.1, -0.05) is 19.9 Å². The minimum atomic E-state index is 0.194. The molecule has 2 heterocycles. The Hall–Kier alpha value is -1.84. The van der Waals surface area contributed by atoms with Gasteiger partial charge in [-0.05, 0) is 18.1 Å². The van der Waals surface area contributed by atoms with E-state index >= 15 is 0 Å². The molecule has 0 spiro atoms. The van der Waals surface area contributed by atoms with Gasteiger partial charge in [0, 0.05) is 6.20 Å². The van der Waals surface area contributed by atoms with Crippen LogP contribution in [0.4, 0.5) is 6.01 Å². The van der Waals surface area contributed by atoms with Gasteiger partial charge in [0.15, 0.2) is 5.76 Å². The second-order valence-electron chi connectivity index (χ2n) is 3.64. The topological polar surface area (TPSA) is 64.9 Å². The predicted molar refractivity (Wildman–Crippen MR) is 58.2 cm³/mol. The van der Waals surface area contributed by atoms with E-state index in [1.807, 2.05) is 32.0 Å². The molecule has 15 heavy (non-hydrogen) atoms. The fraction of sp³-hybridized carbons (Fsp3) is 0.273. The summed E-state index contributed by atoms with van der Waals surface area (Å²) in [5.74, 6) is 0.936. The number of nitrogens with two attached hydrogens (primary N) is 1. The molecule has 0 aliphatic heterocycles. The van der Waals surface area contributed by atoms with Gasteiger partial charge >= 0.3 is 0 Å². The molecular weight excluding hydrogens is 190 g/mol. The van der Waals surface area contributed by atoms with Gasteiger partial charge in [0.05, 0.1) is 5.69 Å². The number of hydrogen-bond donors (Lipinski definition) is 1. The molecule has 2 aromatic rings. The number of pyridine rings is 1. The number of nitrogens with zero attached hydrogens (tertiary/aromatic N) is 2. The van der Waals surface area contributed by atoms with Crippen molar-refractivity contribution in [3.05, 3.63) is 30.1 Å². The number of rotatable bonds is 2. The van der Waals surface area contributed by atoms with Crippen molar-refractivity contribution in [1.82, 2.24) is 9.97 Å². The summed E-state index contributed by atoms with van der Waals surface area (Å²) >= 11 is 0. The lowest BCUT2D eigenvalue weighted by Crippen LogP contribution is -1.92. The number of hydrogen-bond acceptors (Lipinski definition) is 4. The Morgan fingerprint density at radius 2 is 2.13 bits per heavy atom. The van der Waals surface area contributed by atoms with Crippen LogP contribution >= 0.6 is 0 Å². The van der Waals surface area contributed by atoms with E-state index in [1.165, 1.54) is 0 Å². The van der Waals surface area contributed by atoms with E-state index in [0.717, 1.165) is 11.4 Å². The molecule has 4 nitrogen and oxygen atoms in total. The first-order valence-corrected chi connectivity index (χ1v) is 4.86. The molecule has 0 aliphatic carbocycles. The first kappa shape index (κ1) is 9.71. The van der Waals surface area contributed by atoms with E-state index in [9.17, 15) is 0 Å². The third-order valence-corrected chi connectivity index (χ3v) is 2.11. The third-order valence-electron chi connectivity index (χ3n) is 2.11. The summed E-state index contributed by atoms with van der Waals surface area (Å²) in [6, 6.07) is 5.84. The smallest absolute Gasteiger partial charge is 0.292 e. The van der Waals surface area contributed by atoms with Crippen molar-refractivity contribution in [2.75, 3.05) is 5.73 Å². The highest BCUT2D eigenvalue weighted by Crippen LogP contribution is 2.29. The Balaban J connectivity index is 2.53. The third kappa shape index (κ3) is 1.83. The summed E-state index contributed by atoms with van der Waals surface area (Å²) < 4.78 is 5.37. The summed E-state index contributed by atoms with van der Waals surface area (Å²) in [5.41, 5.74) is 7.17. The molecule has 0 bridgehead atoms. The molecule has 0 radical (unpaired) electrons. The molecule has 0 unspecified atom stereocenters. The van der Waals surface area contributed by atoms with Crippen molar-refractivity contribution in [3.8, 4) is 11.5 Å². The quantitative estimate of drug-likeness (QED) is 0.814. The van der Waals surface area contributed by atoms with E-state index in [0.29, 0.717) is 5.76 Å². The average molecular weight is 203 g/mol. The fourth-order valence-electron chi connectivity index (χ4n) is 1.42. The van der Waals surface area contributed by atoms with Crippen LogP contribution in [0.3, 0.4) is 0 Å². The van der Waals surface area contributed by atoms with Gasteiger partial charge in [-0.15, -0.1) is 0 Å². The van der Waals surface area contributed by atoms with Crippen LogP contribution in [0.1, 0.15) is 25.5 Å². The van der Waals surface area contributed by atoms with Crippen molar-refractivity contribution in [1.29, 1.82) is 0 Å². The highest BCUT2D eigenvalue weighted by molar-refractivity contribution is 5.56. The van der Waals surface area contributed by atoms with Gasteiger partial charge in [0.25, 0.3) is 6.01 Å². The van der Waals surface area contributed by atoms with Crippen LogP contribution in [-0.4, -0.2) is 9.97 Å². The average Bonchev–Trinajstić information content (AvgIpc) is 2.62. The Kier molecular flexibility index (Phi) is 2.41. The number of nitrogen functional groups attached to an aromatic ring is 1. The van der Waals surface area contributed by atoms with Crippen molar-refractivity contribution in [2.45, 2.75) is 19.8 Å². The van der Waals surface area contributed by atoms with Gasteiger partial charge in [0.2, 0.25) is 0 Å². The maximum absolute atomic E-state index is 5.55. The molecule has 0 atom stereocenters. The molecule has 0 saturated heterocycles. The molecule has 2 aromatic heterocycles. The van der Waals surface area contributed by atoms with Crippen molar-refractivity contribution >= 4 is 6.01 Å². The van der Waals surface area contributed by atoms with E-state index in [2.05, 4.69) is 9.97 Å². The van der Waals surface area contributed by atoms with Crippen LogP contribution in [-0.2, 0) is 0 Å². The highest BCUT2D eigenvalue weighted by atomic mass is 16.4. The molecule has 0 aromatic carbocycles. The molecule has 0 amide bonds. The maximum atomic E-state index is 5.55. The summed E-state index contributed by atoms with van der Waals surface area (Å²) in [4.78, 5) is 8.37. The van der Waals surface area contributed by atoms with Crippen molar-refractivity contribution < 1.29 is 4.42 Å². The molecule has 0 saturated carbocycles. The van der Waals surface area contributed by atoms with Gasteiger partial charge in [-0.3, -0.25) is 4.98 Å². The predicted octanol–water partition coefficient (Wildman–Crippen LogP) is 2.44. The normalized spacial score (nSPS) is 10.9.